The molecule has 1 aliphatic heterocycles. The van der Waals surface area contributed by atoms with E-state index < -0.39 is 5.97 Å². The van der Waals surface area contributed by atoms with Gasteiger partial charge in [-0.3, -0.25) is 0 Å². The van der Waals surface area contributed by atoms with Gasteiger partial charge in [0.1, 0.15) is 11.5 Å². The molecule has 0 saturated carbocycles. The number of anilines is 1. The van der Waals surface area contributed by atoms with E-state index in [1.807, 2.05) is 6.07 Å². The summed E-state index contributed by atoms with van der Waals surface area (Å²) in [7, 11) is 0. The predicted molar refractivity (Wildman–Crippen MR) is 77.5 cm³/mol. The molecule has 2 aromatic rings. The smallest absolute Gasteiger partial charge is 0.335 e. The molecule has 0 unspecified atom stereocenters. The van der Waals surface area contributed by atoms with Gasteiger partial charge in [0.15, 0.2) is 0 Å². The molecule has 108 valence electrons. The number of halogens is 1. The summed E-state index contributed by atoms with van der Waals surface area (Å²) in [5.41, 5.74) is 2.77. The SMILES string of the molecule is O=C(O)c1ccc2c(c1)NCC2.O=Nc1ccc(F)cc1. The summed E-state index contributed by atoms with van der Waals surface area (Å²) < 4.78 is 12.1. The Balaban J connectivity index is 0.000000161. The minimum Gasteiger partial charge on any atom is -0.478 e. The highest BCUT2D eigenvalue weighted by molar-refractivity contribution is 5.89. The van der Waals surface area contributed by atoms with E-state index in [4.69, 9.17) is 5.11 Å². The Labute approximate surface area is 120 Å². The summed E-state index contributed by atoms with van der Waals surface area (Å²) in [6.45, 7) is 0.915. The van der Waals surface area contributed by atoms with Crippen LogP contribution in [0.1, 0.15) is 15.9 Å². The number of carboxylic acid groups (broad SMARTS) is 1. The van der Waals surface area contributed by atoms with E-state index in [-0.39, 0.29) is 11.5 Å². The number of hydrogen-bond donors (Lipinski definition) is 2. The lowest BCUT2D eigenvalue weighted by Gasteiger charge is -2.00. The highest BCUT2D eigenvalue weighted by atomic mass is 19.1. The normalized spacial score (nSPS) is 11.7. The Morgan fingerprint density at radius 2 is 1.90 bits per heavy atom. The third-order valence-electron chi connectivity index (χ3n) is 3.00. The maximum Gasteiger partial charge on any atom is 0.335 e. The van der Waals surface area contributed by atoms with E-state index >= 15 is 0 Å². The Bertz CT molecular complexity index is 656. The number of carbonyl (C=O) groups is 1. The standard InChI is InChI=1S/C9H9NO2.C6H4FNO/c11-9(12)7-2-1-6-3-4-10-8(6)5-7;7-5-1-3-6(8-9)4-2-5/h1-2,5,10H,3-4H2,(H,11,12);1-4H. The van der Waals surface area contributed by atoms with Crippen molar-refractivity contribution in [2.24, 2.45) is 5.18 Å². The molecule has 0 saturated heterocycles. The molecular weight excluding hydrogens is 275 g/mol. The first-order valence-corrected chi connectivity index (χ1v) is 6.29. The van der Waals surface area contributed by atoms with Crippen LogP contribution in [0.25, 0.3) is 0 Å². The van der Waals surface area contributed by atoms with E-state index in [0.717, 1.165) is 18.7 Å². The van der Waals surface area contributed by atoms with Crippen molar-refractivity contribution < 1.29 is 14.3 Å². The molecule has 0 atom stereocenters. The fourth-order valence-electron chi connectivity index (χ4n) is 1.93. The second kappa shape index (κ2) is 6.60. The van der Waals surface area contributed by atoms with E-state index in [2.05, 4.69) is 10.5 Å². The van der Waals surface area contributed by atoms with Crippen LogP contribution in [0.2, 0.25) is 0 Å². The highest BCUT2D eigenvalue weighted by Crippen LogP contribution is 2.22. The van der Waals surface area contributed by atoms with Gasteiger partial charge >= 0.3 is 5.97 Å². The number of fused-ring (bicyclic) bond motifs is 1. The van der Waals surface area contributed by atoms with Gasteiger partial charge in [-0.25, -0.2) is 9.18 Å². The quantitative estimate of drug-likeness (QED) is 0.828. The van der Waals surface area contributed by atoms with Crippen LogP contribution < -0.4 is 5.32 Å². The van der Waals surface area contributed by atoms with E-state index in [1.54, 1.807) is 12.1 Å². The average Bonchev–Trinajstić information content (AvgIpc) is 2.96. The molecule has 2 aromatic carbocycles. The Kier molecular flexibility index (Phi) is 4.61. The summed E-state index contributed by atoms with van der Waals surface area (Å²) in [5.74, 6) is -1.23. The van der Waals surface area contributed by atoms with Crippen LogP contribution in [-0.4, -0.2) is 17.6 Å². The number of benzene rings is 2. The Hall–Kier alpha value is -2.76. The summed E-state index contributed by atoms with van der Waals surface area (Å²) in [5, 5.41) is 14.4. The summed E-state index contributed by atoms with van der Waals surface area (Å²) in [6, 6.07) is 10.2. The zero-order chi connectivity index (χ0) is 15.2. The molecule has 1 heterocycles. The monoisotopic (exact) mass is 288 g/mol. The number of hydrogen-bond acceptors (Lipinski definition) is 4. The first kappa shape index (κ1) is 14.6. The molecule has 6 heteroatoms. The summed E-state index contributed by atoms with van der Waals surface area (Å²) in [4.78, 5) is 20.3. The van der Waals surface area contributed by atoms with E-state index in [0.29, 0.717) is 5.56 Å². The second-order valence-electron chi connectivity index (χ2n) is 4.42. The van der Waals surface area contributed by atoms with Gasteiger partial charge in [-0.05, 0) is 53.6 Å². The molecule has 0 aromatic heterocycles. The van der Waals surface area contributed by atoms with Crippen molar-refractivity contribution in [2.75, 3.05) is 11.9 Å². The van der Waals surface area contributed by atoms with Crippen molar-refractivity contribution in [1.29, 1.82) is 0 Å². The summed E-state index contributed by atoms with van der Waals surface area (Å²) in [6.07, 6.45) is 0.995. The van der Waals surface area contributed by atoms with Gasteiger partial charge in [0.2, 0.25) is 0 Å². The molecule has 21 heavy (non-hydrogen) atoms. The summed E-state index contributed by atoms with van der Waals surface area (Å²) >= 11 is 0. The Morgan fingerprint density at radius 1 is 1.19 bits per heavy atom. The first-order chi connectivity index (χ1) is 10.1. The molecule has 0 bridgehead atoms. The zero-order valence-corrected chi connectivity index (χ0v) is 11.0. The van der Waals surface area contributed by atoms with Gasteiger partial charge in [-0.2, -0.15) is 0 Å². The minimum absolute atomic E-state index is 0.247. The van der Waals surface area contributed by atoms with Gasteiger partial charge in [0.05, 0.1) is 5.56 Å². The number of aromatic carboxylic acids is 1. The molecule has 0 radical (unpaired) electrons. The predicted octanol–water partition coefficient (Wildman–Crippen LogP) is 3.58. The average molecular weight is 288 g/mol. The molecule has 5 nitrogen and oxygen atoms in total. The maximum absolute atomic E-state index is 12.1. The highest BCUT2D eigenvalue weighted by Gasteiger charge is 2.11. The number of carboxylic acids is 1. The van der Waals surface area contributed by atoms with Gasteiger partial charge < -0.3 is 10.4 Å². The van der Waals surface area contributed by atoms with E-state index in [1.165, 1.54) is 29.8 Å². The van der Waals surface area contributed by atoms with Crippen LogP contribution in [0.4, 0.5) is 15.8 Å². The van der Waals surface area contributed by atoms with Crippen LogP contribution in [0, 0.1) is 10.7 Å². The minimum atomic E-state index is -0.869. The van der Waals surface area contributed by atoms with Crippen LogP contribution in [0.5, 0.6) is 0 Å². The van der Waals surface area contributed by atoms with Crippen molar-refractivity contribution in [2.45, 2.75) is 6.42 Å². The number of nitrogens with zero attached hydrogens (tertiary/aromatic N) is 1. The largest absolute Gasteiger partial charge is 0.478 e. The van der Waals surface area contributed by atoms with Gasteiger partial charge in [0.25, 0.3) is 0 Å². The van der Waals surface area contributed by atoms with Gasteiger partial charge in [-0.1, -0.05) is 6.07 Å². The molecule has 0 spiro atoms. The molecule has 0 aliphatic carbocycles. The Morgan fingerprint density at radius 3 is 2.52 bits per heavy atom. The van der Waals surface area contributed by atoms with Crippen molar-refractivity contribution in [3.63, 3.8) is 0 Å². The van der Waals surface area contributed by atoms with Crippen LogP contribution in [0.3, 0.4) is 0 Å². The second-order valence-corrected chi connectivity index (χ2v) is 4.42. The lowest BCUT2D eigenvalue weighted by molar-refractivity contribution is 0.0697. The van der Waals surface area contributed by atoms with Crippen molar-refractivity contribution in [3.8, 4) is 0 Å². The van der Waals surface area contributed by atoms with Gasteiger partial charge in [0, 0.05) is 12.2 Å². The molecule has 0 amide bonds. The maximum atomic E-state index is 12.1. The van der Waals surface area contributed by atoms with E-state index in [9.17, 15) is 14.1 Å². The van der Waals surface area contributed by atoms with Crippen molar-refractivity contribution >= 4 is 17.3 Å². The molecule has 1 aliphatic rings. The first-order valence-electron chi connectivity index (χ1n) is 6.29. The topological polar surface area (TPSA) is 78.8 Å². The van der Waals surface area contributed by atoms with Crippen LogP contribution >= 0.6 is 0 Å². The van der Waals surface area contributed by atoms with Crippen molar-refractivity contribution in [3.05, 3.63) is 64.3 Å². The lowest BCUT2D eigenvalue weighted by atomic mass is 10.1. The number of rotatable bonds is 2. The molecule has 3 rings (SSSR count). The zero-order valence-electron chi connectivity index (χ0n) is 11.0. The third-order valence-corrected chi connectivity index (χ3v) is 3.00. The fraction of sp³-hybridized carbons (Fsp3) is 0.133. The number of nitroso groups, excluding NO2 is 1. The van der Waals surface area contributed by atoms with Gasteiger partial charge in [-0.15, -0.1) is 4.91 Å². The van der Waals surface area contributed by atoms with Crippen molar-refractivity contribution in [1.82, 2.24) is 0 Å². The lowest BCUT2D eigenvalue weighted by Crippen LogP contribution is -1.97. The fourth-order valence-corrected chi connectivity index (χ4v) is 1.93. The van der Waals surface area contributed by atoms with Crippen LogP contribution in [-0.2, 0) is 6.42 Å². The third kappa shape index (κ3) is 3.85. The number of nitrogens with one attached hydrogen (secondary N) is 1. The molecular formula is C15H13FN2O3. The molecule has 2 N–H and O–H groups in total. The molecule has 0 fully saturated rings. The van der Waals surface area contributed by atoms with Crippen LogP contribution in [0.15, 0.2) is 47.6 Å².